The van der Waals surface area contributed by atoms with Crippen LogP contribution in [0.2, 0.25) is 0 Å². The van der Waals surface area contributed by atoms with Crippen LogP contribution in [-0.2, 0) is 11.3 Å². The Morgan fingerprint density at radius 1 is 1.48 bits per heavy atom. The minimum atomic E-state index is -0.392. The van der Waals surface area contributed by atoms with Crippen molar-refractivity contribution in [3.05, 3.63) is 24.3 Å². The molecule has 1 fully saturated rings. The summed E-state index contributed by atoms with van der Waals surface area (Å²) in [7, 11) is 0. The van der Waals surface area contributed by atoms with Gasteiger partial charge in [-0.15, -0.1) is 0 Å². The second-order valence-electron chi connectivity index (χ2n) is 5.73. The van der Waals surface area contributed by atoms with Gasteiger partial charge in [0.05, 0.1) is 23.2 Å². The summed E-state index contributed by atoms with van der Waals surface area (Å²) in [6.45, 7) is 4.05. The van der Waals surface area contributed by atoms with Crippen LogP contribution in [0.25, 0.3) is 11.0 Å². The van der Waals surface area contributed by atoms with Crippen molar-refractivity contribution >= 4 is 17.0 Å². The molecule has 0 unspecified atom stereocenters. The van der Waals surface area contributed by atoms with Gasteiger partial charge in [-0.2, -0.15) is 0 Å². The Morgan fingerprint density at radius 2 is 2.33 bits per heavy atom. The lowest BCUT2D eigenvalue weighted by Gasteiger charge is -2.14. The normalized spacial score (nSPS) is 20.0. The number of hydrogen-bond donors (Lipinski definition) is 2. The molecule has 3 rings (SSSR count). The summed E-state index contributed by atoms with van der Waals surface area (Å²) in [5, 5.41) is 12.7. The zero-order valence-electron chi connectivity index (χ0n) is 12.5. The fourth-order valence-corrected chi connectivity index (χ4v) is 2.82. The third kappa shape index (κ3) is 3.36. The molecule has 0 aliphatic carbocycles. The Bertz CT molecular complexity index is 588. The number of fused-ring (bicyclic) bond motifs is 1. The van der Waals surface area contributed by atoms with Crippen LogP contribution in [-0.4, -0.2) is 40.0 Å². The van der Waals surface area contributed by atoms with Gasteiger partial charge in [-0.3, -0.25) is 0 Å². The average molecular weight is 289 g/mol. The molecule has 1 aromatic carbocycles. The van der Waals surface area contributed by atoms with Crippen LogP contribution in [0.5, 0.6) is 0 Å². The number of nitrogens with one attached hydrogen (secondary N) is 1. The van der Waals surface area contributed by atoms with Gasteiger partial charge in [0.15, 0.2) is 0 Å². The van der Waals surface area contributed by atoms with Crippen LogP contribution in [0.15, 0.2) is 24.3 Å². The third-order valence-electron chi connectivity index (χ3n) is 3.91. The first kappa shape index (κ1) is 14.4. The summed E-state index contributed by atoms with van der Waals surface area (Å²) in [5.41, 5.74) is 2.11. The second-order valence-corrected chi connectivity index (χ2v) is 5.73. The molecule has 2 N–H and O–H groups in total. The summed E-state index contributed by atoms with van der Waals surface area (Å²) in [5.74, 6) is 0.829. The van der Waals surface area contributed by atoms with Gasteiger partial charge >= 0.3 is 0 Å². The first-order chi connectivity index (χ1) is 10.2. The van der Waals surface area contributed by atoms with E-state index in [4.69, 9.17) is 4.74 Å². The molecule has 2 aromatic rings. The molecule has 0 bridgehead atoms. The van der Waals surface area contributed by atoms with E-state index in [2.05, 4.69) is 20.9 Å². The van der Waals surface area contributed by atoms with Gasteiger partial charge in [-0.1, -0.05) is 12.1 Å². The fourth-order valence-electron chi connectivity index (χ4n) is 2.82. The van der Waals surface area contributed by atoms with Gasteiger partial charge in [0.25, 0.3) is 0 Å². The predicted molar refractivity (Wildman–Crippen MR) is 83.5 cm³/mol. The molecular weight excluding hydrogens is 266 g/mol. The van der Waals surface area contributed by atoms with Gasteiger partial charge in [0.2, 0.25) is 5.95 Å². The Labute approximate surface area is 124 Å². The first-order valence-corrected chi connectivity index (χ1v) is 7.73. The van der Waals surface area contributed by atoms with Crippen molar-refractivity contribution in [1.82, 2.24) is 9.55 Å². The smallest absolute Gasteiger partial charge is 0.203 e. The lowest BCUT2D eigenvalue weighted by molar-refractivity contribution is 0.101. The molecule has 114 valence electrons. The maximum absolute atomic E-state index is 9.46. The zero-order chi connectivity index (χ0) is 14.7. The molecule has 5 nitrogen and oxygen atoms in total. The summed E-state index contributed by atoms with van der Waals surface area (Å²) < 4.78 is 7.90. The number of para-hydroxylation sites is 2. The van der Waals surface area contributed by atoms with Crippen LogP contribution in [0, 0.1) is 0 Å². The number of aryl methyl sites for hydroxylation is 1. The van der Waals surface area contributed by atoms with Gasteiger partial charge in [-0.05, 0) is 38.3 Å². The number of ether oxygens (including phenoxy) is 1. The van der Waals surface area contributed by atoms with E-state index in [1.165, 1.54) is 6.42 Å². The maximum atomic E-state index is 9.46. The van der Waals surface area contributed by atoms with E-state index in [9.17, 15) is 5.11 Å². The number of aliphatic hydroxyl groups is 1. The molecule has 1 aliphatic heterocycles. The number of aliphatic hydroxyl groups excluding tert-OH is 1. The first-order valence-electron chi connectivity index (χ1n) is 7.73. The van der Waals surface area contributed by atoms with Crippen molar-refractivity contribution in [2.45, 2.75) is 44.9 Å². The molecule has 0 saturated carbocycles. The highest BCUT2D eigenvalue weighted by atomic mass is 16.5. The van der Waals surface area contributed by atoms with Crippen LogP contribution in [0.3, 0.4) is 0 Å². The minimum absolute atomic E-state index is 0.371. The highest BCUT2D eigenvalue weighted by Crippen LogP contribution is 2.22. The highest BCUT2D eigenvalue weighted by molar-refractivity contribution is 5.78. The van der Waals surface area contributed by atoms with E-state index in [1.807, 2.05) is 18.2 Å². The molecule has 1 aromatic heterocycles. The highest BCUT2D eigenvalue weighted by Gasteiger charge is 2.17. The zero-order valence-corrected chi connectivity index (χ0v) is 12.5. The van der Waals surface area contributed by atoms with Crippen molar-refractivity contribution in [3.8, 4) is 0 Å². The molecule has 2 atom stereocenters. The van der Waals surface area contributed by atoms with Crippen molar-refractivity contribution in [3.63, 3.8) is 0 Å². The molecule has 2 heterocycles. The average Bonchev–Trinajstić information content (AvgIpc) is 3.10. The van der Waals surface area contributed by atoms with E-state index < -0.39 is 6.10 Å². The van der Waals surface area contributed by atoms with Crippen molar-refractivity contribution in [1.29, 1.82) is 0 Å². The summed E-state index contributed by atoms with van der Waals surface area (Å²) in [4.78, 5) is 4.63. The van der Waals surface area contributed by atoms with Crippen molar-refractivity contribution < 1.29 is 9.84 Å². The number of imidazole rings is 1. The summed E-state index contributed by atoms with van der Waals surface area (Å²) in [6.07, 6.45) is 3.31. The van der Waals surface area contributed by atoms with E-state index in [-0.39, 0.29) is 0 Å². The topological polar surface area (TPSA) is 59.3 Å². The quantitative estimate of drug-likeness (QED) is 0.857. The van der Waals surface area contributed by atoms with Crippen LogP contribution < -0.4 is 5.32 Å². The van der Waals surface area contributed by atoms with E-state index in [1.54, 1.807) is 6.92 Å². The van der Waals surface area contributed by atoms with Crippen LogP contribution in [0.4, 0.5) is 5.95 Å². The number of benzene rings is 1. The predicted octanol–water partition coefficient (Wildman–Crippen LogP) is 2.40. The lowest BCUT2D eigenvalue weighted by atomic mass is 10.2. The van der Waals surface area contributed by atoms with Crippen molar-refractivity contribution in [2.75, 3.05) is 18.5 Å². The molecule has 1 saturated heterocycles. The fraction of sp³-hybridized carbons (Fsp3) is 0.562. The van der Waals surface area contributed by atoms with Crippen LogP contribution in [0.1, 0.15) is 26.2 Å². The lowest BCUT2D eigenvalue weighted by Crippen LogP contribution is -2.19. The Morgan fingerprint density at radius 3 is 3.10 bits per heavy atom. The van der Waals surface area contributed by atoms with Gasteiger partial charge < -0.3 is 19.7 Å². The molecule has 0 spiro atoms. The summed E-state index contributed by atoms with van der Waals surface area (Å²) >= 11 is 0. The Balaban J connectivity index is 1.80. The van der Waals surface area contributed by atoms with Gasteiger partial charge in [-0.25, -0.2) is 4.98 Å². The van der Waals surface area contributed by atoms with Gasteiger partial charge in [0, 0.05) is 19.7 Å². The second kappa shape index (κ2) is 6.45. The number of rotatable bonds is 6. The molecule has 0 amide bonds. The Kier molecular flexibility index (Phi) is 4.41. The Hall–Kier alpha value is -1.59. The van der Waals surface area contributed by atoms with E-state index in [0.29, 0.717) is 12.6 Å². The monoisotopic (exact) mass is 289 g/mol. The summed E-state index contributed by atoms with van der Waals surface area (Å²) in [6, 6.07) is 8.14. The number of anilines is 1. The van der Waals surface area contributed by atoms with Crippen molar-refractivity contribution in [2.24, 2.45) is 0 Å². The standard InChI is InChI=1S/C16H23N3O2/c1-12(20)11-17-16-18-14-6-2-3-7-15(14)19(16)9-8-13-5-4-10-21-13/h2-3,6-7,12-13,20H,4-5,8-11H2,1H3,(H,17,18)/t12-,13-/m1/s1. The number of hydrogen-bond acceptors (Lipinski definition) is 4. The number of nitrogens with zero attached hydrogens (tertiary/aromatic N) is 2. The molecular formula is C16H23N3O2. The van der Waals surface area contributed by atoms with Gasteiger partial charge in [0.1, 0.15) is 0 Å². The largest absolute Gasteiger partial charge is 0.392 e. The van der Waals surface area contributed by atoms with E-state index in [0.717, 1.165) is 43.0 Å². The molecule has 5 heteroatoms. The van der Waals surface area contributed by atoms with E-state index >= 15 is 0 Å². The number of aromatic nitrogens is 2. The minimum Gasteiger partial charge on any atom is -0.392 e. The maximum Gasteiger partial charge on any atom is 0.203 e. The molecule has 1 aliphatic rings. The molecule has 21 heavy (non-hydrogen) atoms. The SMILES string of the molecule is C[C@@H](O)CNc1nc2ccccc2n1CC[C@H]1CCCO1. The van der Waals surface area contributed by atoms with Crippen LogP contribution >= 0.6 is 0 Å². The molecule has 0 radical (unpaired) electrons. The third-order valence-corrected chi connectivity index (χ3v) is 3.91.